The van der Waals surface area contributed by atoms with E-state index in [2.05, 4.69) is 36.8 Å². The summed E-state index contributed by atoms with van der Waals surface area (Å²) in [5, 5.41) is 11.0. The summed E-state index contributed by atoms with van der Waals surface area (Å²) in [6, 6.07) is 1.81. The van der Waals surface area contributed by atoms with Crippen LogP contribution < -0.4 is 14.2 Å². The quantitative estimate of drug-likeness (QED) is 0.751. The molecule has 0 fully saturated rings. The van der Waals surface area contributed by atoms with Gasteiger partial charge in [-0.3, -0.25) is 4.98 Å². The zero-order valence-electron chi connectivity index (χ0n) is 13.2. The molecule has 1 aromatic carbocycles. The van der Waals surface area contributed by atoms with Crippen LogP contribution in [-0.2, 0) is 0 Å². The van der Waals surface area contributed by atoms with Crippen LogP contribution in [0.2, 0.25) is 0 Å². The van der Waals surface area contributed by atoms with Gasteiger partial charge < -0.3 is 19.3 Å². The van der Waals surface area contributed by atoms with Gasteiger partial charge in [0.1, 0.15) is 6.10 Å². The Morgan fingerprint density at radius 2 is 1.52 bits per heavy atom. The molecule has 1 unspecified atom stereocenters. The fourth-order valence-electron chi connectivity index (χ4n) is 2.47. The molecule has 2 aromatic rings. The second kappa shape index (κ2) is 7.51. The number of aliphatic hydroxyl groups excluding tert-OH is 1. The van der Waals surface area contributed by atoms with Crippen LogP contribution in [0.3, 0.4) is 0 Å². The molecule has 0 bridgehead atoms. The first-order chi connectivity index (χ1) is 11.0. The SMILES string of the molecule is COc1cc(C)c(C(O)c2c(Br)cncc2Br)c(OC)c1OC. The highest BCUT2D eigenvalue weighted by Crippen LogP contribution is 2.47. The number of pyridine rings is 1. The second-order valence-corrected chi connectivity index (χ2v) is 6.50. The van der Waals surface area contributed by atoms with E-state index >= 15 is 0 Å². The first-order valence-corrected chi connectivity index (χ1v) is 8.31. The van der Waals surface area contributed by atoms with E-state index in [1.165, 1.54) is 14.2 Å². The maximum atomic E-state index is 11.0. The van der Waals surface area contributed by atoms with Crippen molar-refractivity contribution >= 4 is 31.9 Å². The van der Waals surface area contributed by atoms with E-state index in [4.69, 9.17) is 14.2 Å². The minimum atomic E-state index is -0.934. The molecule has 0 aliphatic carbocycles. The number of ether oxygens (including phenoxy) is 3. The Morgan fingerprint density at radius 3 is 2.00 bits per heavy atom. The molecule has 0 amide bonds. The smallest absolute Gasteiger partial charge is 0.203 e. The number of aromatic nitrogens is 1. The van der Waals surface area contributed by atoms with Crippen molar-refractivity contribution in [3.05, 3.63) is 44.1 Å². The lowest BCUT2D eigenvalue weighted by molar-refractivity contribution is 0.209. The molecule has 1 atom stereocenters. The van der Waals surface area contributed by atoms with Crippen molar-refractivity contribution in [2.75, 3.05) is 21.3 Å². The molecular formula is C16H17Br2NO4. The molecule has 0 saturated heterocycles. The van der Waals surface area contributed by atoms with Gasteiger partial charge in [-0.15, -0.1) is 0 Å². The Bertz CT molecular complexity index is 701. The largest absolute Gasteiger partial charge is 0.493 e. The lowest BCUT2D eigenvalue weighted by Gasteiger charge is -2.22. The third kappa shape index (κ3) is 3.32. The van der Waals surface area contributed by atoms with Gasteiger partial charge in [0.2, 0.25) is 5.75 Å². The third-order valence-corrected chi connectivity index (χ3v) is 4.78. The van der Waals surface area contributed by atoms with Crippen molar-refractivity contribution in [1.29, 1.82) is 0 Å². The summed E-state index contributed by atoms with van der Waals surface area (Å²) < 4.78 is 17.6. The molecule has 0 saturated carbocycles. The van der Waals surface area contributed by atoms with Crippen molar-refractivity contribution < 1.29 is 19.3 Å². The number of nitrogens with zero attached hydrogens (tertiary/aromatic N) is 1. The van der Waals surface area contributed by atoms with Gasteiger partial charge in [0.15, 0.2) is 11.5 Å². The molecule has 1 aromatic heterocycles. The summed E-state index contributed by atoms with van der Waals surface area (Å²) in [4.78, 5) is 4.07. The maximum absolute atomic E-state index is 11.0. The van der Waals surface area contributed by atoms with Gasteiger partial charge >= 0.3 is 0 Å². The fourth-order valence-corrected chi connectivity index (χ4v) is 3.83. The van der Waals surface area contributed by atoms with Crippen LogP contribution in [0.4, 0.5) is 0 Å². The zero-order chi connectivity index (χ0) is 17.1. The second-order valence-electron chi connectivity index (χ2n) is 4.80. The fraction of sp³-hybridized carbons (Fsp3) is 0.312. The summed E-state index contributed by atoms with van der Waals surface area (Å²) in [6.07, 6.45) is 2.33. The summed E-state index contributed by atoms with van der Waals surface area (Å²) >= 11 is 6.86. The molecule has 1 N–H and O–H groups in total. The molecule has 1 heterocycles. The molecule has 5 nitrogen and oxygen atoms in total. The molecule has 0 aliphatic rings. The molecule has 2 rings (SSSR count). The van der Waals surface area contributed by atoms with Crippen molar-refractivity contribution in [3.8, 4) is 17.2 Å². The Balaban J connectivity index is 2.72. The van der Waals surface area contributed by atoms with E-state index < -0.39 is 6.10 Å². The molecule has 124 valence electrons. The number of aryl methyl sites for hydroxylation is 1. The number of methoxy groups -OCH3 is 3. The van der Waals surface area contributed by atoms with Crippen LogP contribution in [0.25, 0.3) is 0 Å². The normalized spacial score (nSPS) is 12.0. The van der Waals surface area contributed by atoms with Crippen LogP contribution in [0, 0.1) is 6.92 Å². The highest BCUT2D eigenvalue weighted by molar-refractivity contribution is 9.11. The Labute approximate surface area is 151 Å². The predicted molar refractivity (Wildman–Crippen MR) is 94.5 cm³/mol. The monoisotopic (exact) mass is 445 g/mol. The van der Waals surface area contributed by atoms with E-state index in [0.29, 0.717) is 37.3 Å². The molecule has 23 heavy (non-hydrogen) atoms. The van der Waals surface area contributed by atoms with Crippen LogP contribution in [0.15, 0.2) is 27.4 Å². The topological polar surface area (TPSA) is 60.8 Å². The van der Waals surface area contributed by atoms with E-state index in [0.717, 1.165) is 5.56 Å². The van der Waals surface area contributed by atoms with Crippen molar-refractivity contribution in [1.82, 2.24) is 4.98 Å². The van der Waals surface area contributed by atoms with Gasteiger partial charge in [-0.1, -0.05) is 0 Å². The number of halogens is 2. The summed E-state index contributed by atoms with van der Waals surface area (Å²) in [5.41, 5.74) is 2.09. The third-order valence-electron chi connectivity index (χ3n) is 3.51. The highest BCUT2D eigenvalue weighted by Gasteiger charge is 2.27. The number of rotatable bonds is 5. The van der Waals surface area contributed by atoms with Gasteiger partial charge in [-0.2, -0.15) is 0 Å². The minimum absolute atomic E-state index is 0.437. The average Bonchev–Trinajstić information content (AvgIpc) is 2.53. The van der Waals surface area contributed by atoms with E-state index in [-0.39, 0.29) is 0 Å². The van der Waals surface area contributed by atoms with Gasteiger partial charge in [0.25, 0.3) is 0 Å². The zero-order valence-corrected chi connectivity index (χ0v) is 16.4. The molecule has 0 radical (unpaired) electrons. The first-order valence-electron chi connectivity index (χ1n) is 6.72. The van der Waals surface area contributed by atoms with Crippen LogP contribution in [0.1, 0.15) is 22.8 Å². The van der Waals surface area contributed by atoms with E-state index in [1.54, 1.807) is 19.5 Å². The van der Waals surface area contributed by atoms with Crippen LogP contribution in [0.5, 0.6) is 17.2 Å². The minimum Gasteiger partial charge on any atom is -0.493 e. The van der Waals surface area contributed by atoms with Gasteiger partial charge in [0.05, 0.1) is 21.3 Å². The van der Waals surface area contributed by atoms with E-state index in [9.17, 15) is 5.11 Å². The van der Waals surface area contributed by atoms with Gasteiger partial charge in [-0.05, 0) is 50.4 Å². The van der Waals surface area contributed by atoms with Gasteiger partial charge in [-0.25, -0.2) is 0 Å². The number of aliphatic hydroxyl groups is 1. The number of benzene rings is 1. The van der Waals surface area contributed by atoms with Crippen LogP contribution >= 0.6 is 31.9 Å². The predicted octanol–water partition coefficient (Wildman–Crippen LogP) is 4.02. The van der Waals surface area contributed by atoms with Crippen molar-refractivity contribution in [2.24, 2.45) is 0 Å². The Kier molecular flexibility index (Phi) is 5.89. The maximum Gasteiger partial charge on any atom is 0.203 e. The summed E-state index contributed by atoms with van der Waals surface area (Å²) in [6.45, 7) is 1.88. The standard InChI is InChI=1S/C16H17Br2NO4/c1-8-5-11(21-2)15(22-3)16(23-4)12(8)14(20)13-9(17)6-19-7-10(13)18/h5-7,14,20H,1-4H3. The van der Waals surface area contributed by atoms with E-state index in [1.807, 2.05) is 13.0 Å². The van der Waals surface area contributed by atoms with Crippen molar-refractivity contribution in [3.63, 3.8) is 0 Å². The van der Waals surface area contributed by atoms with Crippen LogP contribution in [-0.4, -0.2) is 31.4 Å². The molecule has 0 spiro atoms. The Morgan fingerprint density at radius 1 is 0.957 bits per heavy atom. The molecule has 7 heteroatoms. The lowest BCUT2D eigenvalue weighted by Crippen LogP contribution is -2.09. The Hall–Kier alpha value is -1.31. The summed E-state index contributed by atoms with van der Waals surface area (Å²) in [5.74, 6) is 1.43. The molecular weight excluding hydrogens is 430 g/mol. The first kappa shape index (κ1) is 18.0. The lowest BCUT2D eigenvalue weighted by atomic mass is 9.96. The average molecular weight is 447 g/mol. The number of hydrogen-bond donors (Lipinski definition) is 1. The number of hydrogen-bond acceptors (Lipinski definition) is 5. The molecule has 0 aliphatic heterocycles. The van der Waals surface area contributed by atoms with Crippen molar-refractivity contribution in [2.45, 2.75) is 13.0 Å². The summed E-state index contributed by atoms with van der Waals surface area (Å²) in [7, 11) is 4.62. The van der Waals surface area contributed by atoms with Gasteiger partial charge in [0, 0.05) is 32.5 Å². The highest BCUT2D eigenvalue weighted by atomic mass is 79.9.